The lowest BCUT2D eigenvalue weighted by molar-refractivity contribution is -0.117. The first-order chi connectivity index (χ1) is 15.5. The van der Waals surface area contributed by atoms with Crippen LogP contribution >= 0.6 is 0 Å². The highest BCUT2D eigenvalue weighted by Gasteiger charge is 2.19. The molecule has 0 unspecified atom stereocenters. The maximum absolute atomic E-state index is 12.2. The lowest BCUT2D eigenvalue weighted by Gasteiger charge is -2.32. The molecule has 1 aliphatic heterocycles. The van der Waals surface area contributed by atoms with Gasteiger partial charge in [-0.2, -0.15) is 0 Å². The van der Waals surface area contributed by atoms with E-state index in [4.69, 9.17) is 9.47 Å². The van der Waals surface area contributed by atoms with Crippen molar-refractivity contribution < 1.29 is 24.5 Å². The fraction of sp³-hybridized carbons (Fsp3) is 0.400. The number of rotatable bonds is 9. The number of likely N-dealkylation sites (tertiary alicyclic amines) is 1. The zero-order chi connectivity index (χ0) is 22.9. The van der Waals surface area contributed by atoms with Gasteiger partial charge in [0.05, 0.1) is 14.2 Å². The van der Waals surface area contributed by atoms with Gasteiger partial charge in [-0.15, -0.1) is 0 Å². The Morgan fingerprint density at radius 1 is 1.06 bits per heavy atom. The molecule has 1 fully saturated rings. The van der Waals surface area contributed by atoms with E-state index in [2.05, 4.69) is 16.3 Å². The third-order valence-corrected chi connectivity index (χ3v) is 5.75. The minimum Gasteiger partial charge on any atom is -0.504 e. The molecule has 0 aliphatic carbocycles. The molecule has 1 saturated heterocycles. The number of carbonyl (C=O) groups is 1. The van der Waals surface area contributed by atoms with Gasteiger partial charge >= 0.3 is 0 Å². The molecule has 0 radical (unpaired) electrons. The lowest BCUT2D eigenvalue weighted by Crippen LogP contribution is -2.44. The van der Waals surface area contributed by atoms with Crippen molar-refractivity contribution in [1.29, 1.82) is 0 Å². The van der Waals surface area contributed by atoms with Crippen LogP contribution in [-0.2, 0) is 11.2 Å². The minimum atomic E-state index is -0.203. The van der Waals surface area contributed by atoms with E-state index in [-0.39, 0.29) is 23.4 Å². The Morgan fingerprint density at radius 2 is 1.81 bits per heavy atom. The Hall–Kier alpha value is -3.19. The Morgan fingerprint density at radius 3 is 2.50 bits per heavy atom. The van der Waals surface area contributed by atoms with Crippen LogP contribution in [0.2, 0.25) is 0 Å². The summed E-state index contributed by atoms with van der Waals surface area (Å²) in [7, 11) is 3.29. The predicted octanol–water partition coefficient (Wildman–Crippen LogP) is 3.34. The van der Waals surface area contributed by atoms with Crippen LogP contribution in [0.15, 0.2) is 42.5 Å². The molecular formula is C25H32N2O5. The maximum atomic E-state index is 12.2. The highest BCUT2D eigenvalue weighted by atomic mass is 16.5. The van der Waals surface area contributed by atoms with Crippen molar-refractivity contribution >= 4 is 12.0 Å². The maximum Gasteiger partial charge on any atom is 0.244 e. The number of aryl methyl sites for hydroxylation is 1. The highest BCUT2D eigenvalue weighted by Crippen LogP contribution is 2.28. The second-order valence-corrected chi connectivity index (χ2v) is 8.00. The van der Waals surface area contributed by atoms with Crippen LogP contribution in [0.3, 0.4) is 0 Å². The SMILES string of the molecule is COc1ccc(CCCN2CCC(NC(=O)C=Cc3ccc(O)c(O)c3)CC2)cc1OC. The Balaban J connectivity index is 1.37. The van der Waals surface area contributed by atoms with Gasteiger partial charge in [-0.05, 0) is 73.7 Å². The van der Waals surface area contributed by atoms with E-state index in [1.807, 2.05) is 12.1 Å². The zero-order valence-electron chi connectivity index (χ0n) is 18.7. The Labute approximate surface area is 189 Å². The summed E-state index contributed by atoms with van der Waals surface area (Å²) in [5.41, 5.74) is 1.89. The number of carbonyl (C=O) groups excluding carboxylic acids is 1. The number of hydrogen-bond donors (Lipinski definition) is 3. The fourth-order valence-corrected chi connectivity index (χ4v) is 3.91. The molecule has 1 aliphatic rings. The van der Waals surface area contributed by atoms with Gasteiger partial charge in [0.1, 0.15) is 0 Å². The summed E-state index contributed by atoms with van der Waals surface area (Å²) in [6.45, 7) is 2.96. The summed E-state index contributed by atoms with van der Waals surface area (Å²) in [5.74, 6) is 0.979. The molecule has 1 heterocycles. The standard InChI is InChI=1S/C25H32N2O5/c1-31-23-9-6-18(17-24(23)32-2)4-3-13-27-14-11-20(12-15-27)26-25(30)10-7-19-5-8-21(28)22(29)16-19/h5-10,16-17,20,28-29H,3-4,11-15H2,1-2H3,(H,26,30). The number of amides is 1. The van der Waals surface area contributed by atoms with Crippen LogP contribution in [-0.4, -0.2) is 60.9 Å². The number of ether oxygens (including phenoxy) is 2. The Bertz CT molecular complexity index is 936. The van der Waals surface area contributed by atoms with Crippen LogP contribution in [0.5, 0.6) is 23.0 Å². The number of nitrogens with one attached hydrogen (secondary N) is 1. The van der Waals surface area contributed by atoms with E-state index in [0.29, 0.717) is 5.56 Å². The number of phenolic OH excluding ortho intramolecular Hbond substituents is 2. The van der Waals surface area contributed by atoms with Crippen LogP contribution in [0, 0.1) is 0 Å². The molecule has 7 nitrogen and oxygen atoms in total. The van der Waals surface area contributed by atoms with E-state index in [0.717, 1.165) is 56.8 Å². The van der Waals surface area contributed by atoms with Crippen LogP contribution < -0.4 is 14.8 Å². The molecular weight excluding hydrogens is 408 g/mol. The molecule has 7 heteroatoms. The number of methoxy groups -OCH3 is 2. The summed E-state index contributed by atoms with van der Waals surface area (Å²) in [4.78, 5) is 14.6. The average molecular weight is 441 g/mol. The third-order valence-electron chi connectivity index (χ3n) is 5.75. The molecule has 1 amide bonds. The molecule has 3 rings (SSSR count). The summed E-state index contributed by atoms with van der Waals surface area (Å²) in [6, 6.07) is 10.7. The molecule has 3 N–H and O–H groups in total. The van der Waals surface area contributed by atoms with Gasteiger partial charge in [-0.25, -0.2) is 0 Å². The van der Waals surface area contributed by atoms with Gasteiger partial charge < -0.3 is 29.9 Å². The van der Waals surface area contributed by atoms with E-state index in [1.165, 1.54) is 23.8 Å². The van der Waals surface area contributed by atoms with Crippen molar-refractivity contribution in [2.24, 2.45) is 0 Å². The van der Waals surface area contributed by atoms with Gasteiger partial charge in [0.25, 0.3) is 0 Å². The molecule has 2 aromatic rings. The normalized spacial score (nSPS) is 15.1. The van der Waals surface area contributed by atoms with Crippen LogP contribution in [0.25, 0.3) is 6.08 Å². The number of piperidine rings is 1. The molecule has 0 bridgehead atoms. The van der Waals surface area contributed by atoms with Crippen molar-refractivity contribution in [3.63, 3.8) is 0 Å². The largest absolute Gasteiger partial charge is 0.504 e. The third kappa shape index (κ3) is 6.65. The second-order valence-electron chi connectivity index (χ2n) is 8.00. The highest BCUT2D eigenvalue weighted by molar-refractivity contribution is 5.92. The first-order valence-corrected chi connectivity index (χ1v) is 10.9. The molecule has 0 aromatic heterocycles. The van der Waals surface area contributed by atoms with E-state index >= 15 is 0 Å². The van der Waals surface area contributed by atoms with Crippen molar-refractivity contribution in [2.75, 3.05) is 33.9 Å². The molecule has 0 spiro atoms. The number of nitrogens with zero attached hydrogens (tertiary/aromatic N) is 1. The molecule has 0 saturated carbocycles. The summed E-state index contributed by atoms with van der Waals surface area (Å²) in [6.07, 6.45) is 6.98. The quantitative estimate of drug-likeness (QED) is 0.409. The van der Waals surface area contributed by atoms with Crippen molar-refractivity contribution in [2.45, 2.75) is 31.7 Å². The number of aromatic hydroxyl groups is 2. The van der Waals surface area contributed by atoms with E-state index < -0.39 is 0 Å². The number of benzene rings is 2. The van der Waals surface area contributed by atoms with Crippen molar-refractivity contribution in [3.8, 4) is 23.0 Å². The minimum absolute atomic E-state index is 0.149. The van der Waals surface area contributed by atoms with E-state index in [9.17, 15) is 15.0 Å². The number of hydrogen-bond acceptors (Lipinski definition) is 6. The topological polar surface area (TPSA) is 91.3 Å². The Kier molecular flexibility index (Phi) is 8.39. The van der Waals surface area contributed by atoms with Gasteiger partial charge in [-0.3, -0.25) is 4.79 Å². The summed E-state index contributed by atoms with van der Waals surface area (Å²) < 4.78 is 10.7. The van der Waals surface area contributed by atoms with Crippen LogP contribution in [0.4, 0.5) is 0 Å². The monoisotopic (exact) mass is 440 g/mol. The molecule has 172 valence electrons. The number of phenols is 2. The zero-order valence-corrected chi connectivity index (χ0v) is 18.7. The van der Waals surface area contributed by atoms with Crippen molar-refractivity contribution in [1.82, 2.24) is 10.2 Å². The van der Waals surface area contributed by atoms with Gasteiger partial charge in [0.15, 0.2) is 23.0 Å². The predicted molar refractivity (Wildman–Crippen MR) is 124 cm³/mol. The van der Waals surface area contributed by atoms with Gasteiger partial charge in [0.2, 0.25) is 5.91 Å². The lowest BCUT2D eigenvalue weighted by atomic mass is 10.0. The summed E-state index contributed by atoms with van der Waals surface area (Å²) >= 11 is 0. The molecule has 0 atom stereocenters. The first-order valence-electron chi connectivity index (χ1n) is 10.9. The first kappa shape index (κ1) is 23.5. The van der Waals surface area contributed by atoms with E-state index in [1.54, 1.807) is 26.4 Å². The smallest absolute Gasteiger partial charge is 0.244 e. The summed E-state index contributed by atoms with van der Waals surface area (Å²) in [5, 5.41) is 21.9. The fourth-order valence-electron chi connectivity index (χ4n) is 3.91. The second kappa shape index (κ2) is 11.4. The van der Waals surface area contributed by atoms with Gasteiger partial charge in [-0.1, -0.05) is 12.1 Å². The van der Waals surface area contributed by atoms with Crippen LogP contribution in [0.1, 0.15) is 30.4 Å². The van der Waals surface area contributed by atoms with Crippen molar-refractivity contribution in [3.05, 3.63) is 53.6 Å². The average Bonchev–Trinajstić information content (AvgIpc) is 2.81. The molecule has 2 aromatic carbocycles. The molecule has 32 heavy (non-hydrogen) atoms. The van der Waals surface area contributed by atoms with Gasteiger partial charge in [0, 0.05) is 25.2 Å².